The van der Waals surface area contributed by atoms with Crippen LogP contribution in [0.1, 0.15) is 46.5 Å². The molecule has 4 rings (SSSR count). The topological polar surface area (TPSA) is 79.4 Å². The number of benzene rings is 1. The van der Waals surface area contributed by atoms with E-state index in [2.05, 4.69) is 10.6 Å². The highest BCUT2D eigenvalue weighted by Gasteiger charge is 2.28. The standard InChI is InChI=1S/C22H31N5O2/c1-22(2,3)29-21(28)27-12-6-7-15(14-27)13-23-19-20(24-16-10-11-16)26-18-9-5-4-8-17(18)25-19/h4-5,8-9,15-16H,6-7,10-14H2,1-3H3,(H,23,25)(H,24,26). The third-order valence-corrected chi connectivity index (χ3v) is 5.22. The van der Waals surface area contributed by atoms with Gasteiger partial charge in [0.05, 0.1) is 11.0 Å². The van der Waals surface area contributed by atoms with Gasteiger partial charge in [0, 0.05) is 25.7 Å². The van der Waals surface area contributed by atoms with E-state index in [-0.39, 0.29) is 6.09 Å². The summed E-state index contributed by atoms with van der Waals surface area (Å²) in [4.78, 5) is 23.8. The third kappa shape index (κ3) is 5.28. The molecule has 1 amide bonds. The van der Waals surface area contributed by atoms with Crippen molar-refractivity contribution < 1.29 is 9.53 Å². The molecular weight excluding hydrogens is 366 g/mol. The Morgan fingerprint density at radius 3 is 2.48 bits per heavy atom. The second-order valence-electron chi connectivity index (χ2n) is 9.14. The molecule has 0 bridgehead atoms. The largest absolute Gasteiger partial charge is 0.444 e. The Hall–Kier alpha value is -2.57. The summed E-state index contributed by atoms with van der Waals surface area (Å²) in [7, 11) is 0. The minimum absolute atomic E-state index is 0.219. The highest BCUT2D eigenvalue weighted by Crippen LogP contribution is 2.29. The number of fused-ring (bicyclic) bond motifs is 1. The number of amides is 1. The van der Waals surface area contributed by atoms with Gasteiger partial charge in [-0.05, 0) is 64.5 Å². The van der Waals surface area contributed by atoms with Crippen molar-refractivity contribution in [1.82, 2.24) is 14.9 Å². The summed E-state index contributed by atoms with van der Waals surface area (Å²) in [5.41, 5.74) is 1.32. The van der Waals surface area contributed by atoms with Crippen molar-refractivity contribution in [3.05, 3.63) is 24.3 Å². The first-order valence-electron chi connectivity index (χ1n) is 10.6. The molecule has 2 aromatic rings. The zero-order valence-electron chi connectivity index (χ0n) is 17.6. The van der Waals surface area contributed by atoms with Crippen LogP contribution >= 0.6 is 0 Å². The van der Waals surface area contributed by atoms with E-state index in [1.165, 1.54) is 12.8 Å². The number of aromatic nitrogens is 2. The van der Waals surface area contributed by atoms with Crippen molar-refractivity contribution in [1.29, 1.82) is 0 Å². The van der Waals surface area contributed by atoms with Gasteiger partial charge in [-0.2, -0.15) is 0 Å². The van der Waals surface area contributed by atoms with Crippen LogP contribution in [0.25, 0.3) is 11.0 Å². The molecule has 29 heavy (non-hydrogen) atoms. The lowest BCUT2D eigenvalue weighted by atomic mass is 9.98. The molecule has 1 atom stereocenters. The summed E-state index contributed by atoms with van der Waals surface area (Å²) in [5, 5.41) is 7.00. The number of ether oxygens (including phenoxy) is 1. The van der Waals surface area contributed by atoms with Crippen molar-refractivity contribution in [3.63, 3.8) is 0 Å². The highest BCUT2D eigenvalue weighted by atomic mass is 16.6. The van der Waals surface area contributed by atoms with Crippen LogP contribution in [0.15, 0.2) is 24.3 Å². The summed E-state index contributed by atoms with van der Waals surface area (Å²) in [6, 6.07) is 8.44. The number of nitrogens with zero attached hydrogens (tertiary/aromatic N) is 3. The molecule has 7 heteroatoms. The molecule has 1 aliphatic carbocycles. The van der Waals surface area contributed by atoms with Gasteiger partial charge in [0.15, 0.2) is 11.6 Å². The van der Waals surface area contributed by atoms with Crippen molar-refractivity contribution in [2.24, 2.45) is 5.92 Å². The molecule has 1 unspecified atom stereocenters. The summed E-state index contributed by atoms with van der Waals surface area (Å²) in [5.74, 6) is 1.98. The minimum Gasteiger partial charge on any atom is -0.444 e. The second kappa shape index (κ2) is 8.05. The van der Waals surface area contributed by atoms with Crippen LogP contribution in [0.2, 0.25) is 0 Å². The molecule has 0 radical (unpaired) electrons. The van der Waals surface area contributed by atoms with Gasteiger partial charge in [0.1, 0.15) is 5.60 Å². The summed E-state index contributed by atoms with van der Waals surface area (Å²) in [6.07, 6.45) is 4.22. The first-order chi connectivity index (χ1) is 13.9. The van der Waals surface area contributed by atoms with E-state index in [0.717, 1.165) is 48.6 Å². The maximum atomic E-state index is 12.4. The van der Waals surface area contributed by atoms with Crippen LogP contribution in [0, 0.1) is 5.92 Å². The first-order valence-corrected chi connectivity index (χ1v) is 10.6. The molecule has 1 aromatic carbocycles. The fourth-order valence-corrected chi connectivity index (χ4v) is 3.61. The van der Waals surface area contributed by atoms with E-state index in [9.17, 15) is 4.79 Å². The Morgan fingerprint density at radius 1 is 1.14 bits per heavy atom. The van der Waals surface area contributed by atoms with Gasteiger partial charge in [0.2, 0.25) is 0 Å². The SMILES string of the molecule is CC(C)(C)OC(=O)N1CCCC(CNc2nc3ccccc3nc2NC2CC2)C1. The van der Waals surface area contributed by atoms with E-state index in [4.69, 9.17) is 14.7 Å². The monoisotopic (exact) mass is 397 g/mol. The number of carbonyl (C=O) groups is 1. The van der Waals surface area contributed by atoms with Crippen molar-refractivity contribution in [2.75, 3.05) is 30.3 Å². The Kier molecular flexibility index (Phi) is 5.48. The molecule has 1 saturated heterocycles. The van der Waals surface area contributed by atoms with Crippen LogP contribution in [-0.2, 0) is 4.74 Å². The number of anilines is 2. The number of para-hydroxylation sites is 2. The molecule has 1 aliphatic heterocycles. The molecule has 0 spiro atoms. The van der Waals surface area contributed by atoms with Crippen molar-refractivity contribution in [2.45, 2.75) is 58.1 Å². The number of carbonyl (C=O) groups excluding carboxylic acids is 1. The lowest BCUT2D eigenvalue weighted by Crippen LogP contribution is -2.44. The van der Waals surface area contributed by atoms with E-state index in [1.807, 2.05) is 49.9 Å². The number of hydrogen-bond acceptors (Lipinski definition) is 6. The van der Waals surface area contributed by atoms with Gasteiger partial charge < -0.3 is 20.3 Å². The highest BCUT2D eigenvalue weighted by molar-refractivity contribution is 5.80. The molecular formula is C22H31N5O2. The number of nitrogens with one attached hydrogen (secondary N) is 2. The molecule has 7 nitrogen and oxygen atoms in total. The smallest absolute Gasteiger partial charge is 0.410 e. The van der Waals surface area contributed by atoms with Gasteiger partial charge in [-0.15, -0.1) is 0 Å². The molecule has 2 N–H and O–H groups in total. The van der Waals surface area contributed by atoms with Crippen LogP contribution in [-0.4, -0.2) is 52.2 Å². The Morgan fingerprint density at radius 2 is 1.83 bits per heavy atom. The normalized spacial score (nSPS) is 19.8. The van der Waals surface area contributed by atoms with E-state index in [1.54, 1.807) is 0 Å². The number of piperidine rings is 1. The Bertz CT molecular complexity index is 875. The Labute approximate surface area is 172 Å². The van der Waals surface area contributed by atoms with Gasteiger partial charge >= 0.3 is 6.09 Å². The zero-order valence-corrected chi connectivity index (χ0v) is 17.6. The fourth-order valence-electron chi connectivity index (χ4n) is 3.61. The second-order valence-corrected chi connectivity index (χ2v) is 9.14. The average molecular weight is 398 g/mol. The number of likely N-dealkylation sites (tertiary alicyclic amines) is 1. The molecule has 1 saturated carbocycles. The lowest BCUT2D eigenvalue weighted by Gasteiger charge is -2.34. The Balaban J connectivity index is 1.42. The molecule has 2 aliphatic rings. The molecule has 2 fully saturated rings. The predicted octanol–water partition coefficient (Wildman–Crippen LogP) is 4.26. The molecule has 156 valence electrons. The van der Waals surface area contributed by atoms with Gasteiger partial charge in [-0.1, -0.05) is 12.1 Å². The van der Waals surface area contributed by atoms with Gasteiger partial charge in [0.25, 0.3) is 0 Å². The van der Waals surface area contributed by atoms with Crippen molar-refractivity contribution >= 4 is 28.8 Å². The summed E-state index contributed by atoms with van der Waals surface area (Å²) < 4.78 is 5.54. The molecule has 2 heterocycles. The quantitative estimate of drug-likeness (QED) is 0.785. The number of rotatable bonds is 5. The summed E-state index contributed by atoms with van der Waals surface area (Å²) >= 11 is 0. The summed E-state index contributed by atoms with van der Waals surface area (Å²) in [6.45, 7) is 7.93. The van der Waals surface area contributed by atoms with Crippen LogP contribution in [0.5, 0.6) is 0 Å². The minimum atomic E-state index is -0.466. The predicted molar refractivity (Wildman–Crippen MR) is 115 cm³/mol. The lowest BCUT2D eigenvalue weighted by molar-refractivity contribution is 0.0172. The van der Waals surface area contributed by atoms with Crippen LogP contribution in [0.3, 0.4) is 0 Å². The van der Waals surface area contributed by atoms with Crippen molar-refractivity contribution in [3.8, 4) is 0 Å². The molecule has 1 aromatic heterocycles. The maximum Gasteiger partial charge on any atom is 0.410 e. The van der Waals surface area contributed by atoms with E-state index < -0.39 is 5.60 Å². The zero-order chi connectivity index (χ0) is 20.4. The number of hydrogen-bond donors (Lipinski definition) is 2. The van der Waals surface area contributed by atoms with E-state index in [0.29, 0.717) is 18.5 Å². The van der Waals surface area contributed by atoms with Crippen LogP contribution in [0.4, 0.5) is 16.4 Å². The van der Waals surface area contributed by atoms with E-state index >= 15 is 0 Å². The van der Waals surface area contributed by atoms with Gasteiger partial charge in [-0.3, -0.25) is 0 Å². The van der Waals surface area contributed by atoms with Gasteiger partial charge in [-0.25, -0.2) is 14.8 Å². The van der Waals surface area contributed by atoms with Crippen LogP contribution < -0.4 is 10.6 Å². The average Bonchev–Trinajstić information content (AvgIpc) is 3.49. The first kappa shape index (κ1) is 19.7. The maximum absolute atomic E-state index is 12.4. The fraction of sp³-hybridized carbons (Fsp3) is 0.591. The third-order valence-electron chi connectivity index (χ3n) is 5.22.